The van der Waals surface area contributed by atoms with Crippen molar-refractivity contribution < 1.29 is 23.8 Å². The lowest BCUT2D eigenvalue weighted by molar-refractivity contribution is 0.0635. The van der Waals surface area contributed by atoms with E-state index in [4.69, 9.17) is 14.2 Å². The zero-order chi connectivity index (χ0) is 24.0. The summed E-state index contributed by atoms with van der Waals surface area (Å²) >= 11 is 0. The fourth-order valence-electron chi connectivity index (χ4n) is 3.41. The molecule has 6 heteroatoms. The van der Waals surface area contributed by atoms with Crippen LogP contribution in [0.25, 0.3) is 10.8 Å². The molecule has 0 aliphatic rings. The van der Waals surface area contributed by atoms with Gasteiger partial charge in [-0.05, 0) is 63.9 Å². The highest BCUT2D eigenvalue weighted by Gasteiger charge is 2.23. The Bertz CT molecular complexity index is 1130. The molecule has 0 heterocycles. The van der Waals surface area contributed by atoms with Crippen molar-refractivity contribution in [1.82, 2.24) is 0 Å². The van der Waals surface area contributed by atoms with Crippen LogP contribution in [0.5, 0.6) is 11.5 Å². The van der Waals surface area contributed by atoms with E-state index in [1.807, 2.05) is 64.1 Å². The Morgan fingerprint density at radius 3 is 2.36 bits per heavy atom. The number of esters is 1. The minimum atomic E-state index is -0.618. The van der Waals surface area contributed by atoms with E-state index in [1.165, 1.54) is 0 Å². The van der Waals surface area contributed by atoms with Gasteiger partial charge in [0.25, 0.3) is 0 Å². The Morgan fingerprint density at radius 2 is 1.70 bits per heavy atom. The highest BCUT2D eigenvalue weighted by molar-refractivity contribution is 6.08. The summed E-state index contributed by atoms with van der Waals surface area (Å²) in [4.78, 5) is 25.6. The first-order chi connectivity index (χ1) is 15.7. The number of aryl methyl sites for hydroxylation is 1. The third-order valence-electron chi connectivity index (χ3n) is 4.87. The summed E-state index contributed by atoms with van der Waals surface area (Å²) < 4.78 is 17.1. The van der Waals surface area contributed by atoms with Gasteiger partial charge in [-0.3, -0.25) is 5.32 Å². The van der Waals surface area contributed by atoms with Gasteiger partial charge in [0.2, 0.25) is 0 Å². The zero-order valence-electron chi connectivity index (χ0n) is 19.9. The van der Waals surface area contributed by atoms with Gasteiger partial charge < -0.3 is 14.2 Å². The predicted octanol–water partition coefficient (Wildman–Crippen LogP) is 6.89. The Balaban J connectivity index is 2.06. The van der Waals surface area contributed by atoms with Crippen LogP contribution in [-0.2, 0) is 4.74 Å². The SMILES string of the molecule is CCCCOc1c(C(=O)Oc2ccccc2)c(C)cc2c(NC(=O)OC(C)(C)C)cccc12. The molecule has 174 valence electrons. The summed E-state index contributed by atoms with van der Waals surface area (Å²) in [6.07, 6.45) is 1.26. The van der Waals surface area contributed by atoms with Crippen LogP contribution in [0.15, 0.2) is 54.6 Å². The van der Waals surface area contributed by atoms with E-state index in [0.29, 0.717) is 40.3 Å². The van der Waals surface area contributed by atoms with Crippen LogP contribution >= 0.6 is 0 Å². The molecule has 0 fully saturated rings. The second kappa shape index (κ2) is 10.4. The molecule has 33 heavy (non-hydrogen) atoms. The molecule has 3 aromatic carbocycles. The molecular formula is C27H31NO5. The Hall–Kier alpha value is -3.54. The molecule has 0 unspecified atom stereocenters. The van der Waals surface area contributed by atoms with Crippen molar-refractivity contribution in [1.29, 1.82) is 0 Å². The number of carbonyl (C=O) groups excluding carboxylic acids is 2. The van der Waals surface area contributed by atoms with E-state index < -0.39 is 17.7 Å². The maximum absolute atomic E-state index is 13.2. The van der Waals surface area contributed by atoms with Crippen LogP contribution in [0.4, 0.5) is 10.5 Å². The highest BCUT2D eigenvalue weighted by Crippen LogP contribution is 2.37. The molecule has 0 atom stereocenters. The molecule has 0 aliphatic carbocycles. The van der Waals surface area contributed by atoms with Crippen LogP contribution < -0.4 is 14.8 Å². The zero-order valence-corrected chi connectivity index (χ0v) is 19.9. The second-order valence-electron chi connectivity index (χ2n) is 8.83. The first kappa shape index (κ1) is 24.1. The first-order valence-electron chi connectivity index (χ1n) is 11.2. The van der Waals surface area contributed by atoms with Gasteiger partial charge in [-0.25, -0.2) is 9.59 Å². The van der Waals surface area contributed by atoms with E-state index in [9.17, 15) is 9.59 Å². The standard InChI is InChI=1S/C27H31NO5/c1-6-7-16-31-24-20-14-11-15-22(28-26(30)33-27(3,4)5)21(20)17-18(2)23(24)25(29)32-19-12-9-8-10-13-19/h8-15,17H,6-7,16H2,1-5H3,(H,28,30). The smallest absolute Gasteiger partial charge is 0.412 e. The summed E-state index contributed by atoms with van der Waals surface area (Å²) in [7, 11) is 0. The molecule has 0 bridgehead atoms. The molecule has 0 saturated heterocycles. The van der Waals surface area contributed by atoms with Crippen LogP contribution in [0.3, 0.4) is 0 Å². The molecule has 0 aliphatic heterocycles. The number of ether oxygens (including phenoxy) is 3. The number of rotatable bonds is 7. The summed E-state index contributed by atoms with van der Waals surface area (Å²) in [6.45, 7) is 9.80. The summed E-state index contributed by atoms with van der Waals surface area (Å²) in [5.74, 6) is 0.423. The highest BCUT2D eigenvalue weighted by atomic mass is 16.6. The molecule has 3 aromatic rings. The van der Waals surface area contributed by atoms with Gasteiger partial charge in [-0.2, -0.15) is 0 Å². The predicted molar refractivity (Wildman–Crippen MR) is 130 cm³/mol. The van der Waals surface area contributed by atoms with Crippen LogP contribution in [0, 0.1) is 6.92 Å². The van der Waals surface area contributed by atoms with Gasteiger partial charge in [-0.1, -0.05) is 43.7 Å². The Labute approximate surface area is 194 Å². The molecule has 1 amide bonds. The second-order valence-corrected chi connectivity index (χ2v) is 8.83. The van der Waals surface area contributed by atoms with E-state index in [2.05, 4.69) is 12.2 Å². The fourth-order valence-corrected chi connectivity index (χ4v) is 3.41. The third kappa shape index (κ3) is 6.25. The van der Waals surface area contributed by atoms with Crippen LogP contribution in [0.1, 0.15) is 56.5 Å². The van der Waals surface area contributed by atoms with Gasteiger partial charge in [0.05, 0.1) is 12.3 Å². The van der Waals surface area contributed by atoms with E-state index in [0.717, 1.165) is 18.2 Å². The molecule has 3 rings (SSSR count). The largest absolute Gasteiger partial charge is 0.492 e. The van der Waals surface area contributed by atoms with Crippen molar-refractivity contribution in [2.24, 2.45) is 0 Å². The number of nitrogens with one attached hydrogen (secondary N) is 1. The number of unbranched alkanes of at least 4 members (excludes halogenated alkanes) is 1. The average Bonchev–Trinajstić information content (AvgIpc) is 2.73. The molecule has 0 spiro atoms. The fraction of sp³-hybridized carbons (Fsp3) is 0.333. The van der Waals surface area contributed by atoms with Gasteiger partial charge in [0, 0.05) is 10.8 Å². The molecule has 0 aromatic heterocycles. The van der Waals surface area contributed by atoms with Gasteiger partial charge in [-0.15, -0.1) is 0 Å². The van der Waals surface area contributed by atoms with Crippen molar-refractivity contribution in [3.05, 3.63) is 65.7 Å². The number of amides is 1. The van der Waals surface area contributed by atoms with E-state index in [1.54, 1.807) is 18.2 Å². The molecule has 1 N–H and O–H groups in total. The molecule has 0 radical (unpaired) electrons. The summed E-state index contributed by atoms with van der Waals surface area (Å²) in [5, 5.41) is 4.29. The Morgan fingerprint density at radius 1 is 0.970 bits per heavy atom. The van der Waals surface area contributed by atoms with Gasteiger partial charge in [0.1, 0.15) is 22.7 Å². The van der Waals surface area contributed by atoms with Crippen molar-refractivity contribution in [3.63, 3.8) is 0 Å². The summed E-state index contributed by atoms with van der Waals surface area (Å²) in [5.41, 5.74) is 1.02. The van der Waals surface area contributed by atoms with Crippen molar-refractivity contribution >= 4 is 28.5 Å². The van der Waals surface area contributed by atoms with Gasteiger partial charge >= 0.3 is 12.1 Å². The maximum Gasteiger partial charge on any atom is 0.412 e. The van der Waals surface area contributed by atoms with E-state index in [-0.39, 0.29) is 0 Å². The number of benzene rings is 3. The topological polar surface area (TPSA) is 73.9 Å². The third-order valence-corrected chi connectivity index (χ3v) is 4.87. The number of carbonyl (C=O) groups is 2. The number of hydrogen-bond donors (Lipinski definition) is 1. The normalized spacial score (nSPS) is 11.2. The van der Waals surface area contributed by atoms with Crippen LogP contribution in [-0.4, -0.2) is 24.3 Å². The molecule has 6 nitrogen and oxygen atoms in total. The lowest BCUT2D eigenvalue weighted by Gasteiger charge is -2.21. The van der Waals surface area contributed by atoms with E-state index >= 15 is 0 Å². The first-order valence-corrected chi connectivity index (χ1v) is 11.2. The number of fused-ring (bicyclic) bond motifs is 1. The van der Waals surface area contributed by atoms with Crippen molar-refractivity contribution in [2.45, 2.75) is 53.1 Å². The quantitative estimate of drug-likeness (QED) is 0.241. The lowest BCUT2D eigenvalue weighted by atomic mass is 9.98. The lowest BCUT2D eigenvalue weighted by Crippen LogP contribution is -2.27. The molecule has 0 saturated carbocycles. The maximum atomic E-state index is 13.2. The number of hydrogen-bond acceptors (Lipinski definition) is 5. The van der Waals surface area contributed by atoms with Crippen LogP contribution in [0.2, 0.25) is 0 Å². The monoisotopic (exact) mass is 449 g/mol. The number of para-hydroxylation sites is 1. The Kier molecular flexibility index (Phi) is 7.59. The molecular weight excluding hydrogens is 418 g/mol. The summed E-state index contributed by atoms with van der Waals surface area (Å²) in [6, 6.07) is 16.3. The number of anilines is 1. The van der Waals surface area contributed by atoms with Crippen molar-refractivity contribution in [3.8, 4) is 11.5 Å². The minimum Gasteiger partial charge on any atom is -0.492 e. The van der Waals surface area contributed by atoms with Crippen molar-refractivity contribution in [2.75, 3.05) is 11.9 Å². The average molecular weight is 450 g/mol. The minimum absolute atomic E-state index is 0.372. The van der Waals surface area contributed by atoms with Gasteiger partial charge in [0.15, 0.2) is 0 Å².